The van der Waals surface area contributed by atoms with E-state index in [-0.39, 0.29) is 5.95 Å². The van der Waals surface area contributed by atoms with Crippen LogP contribution < -0.4 is 5.32 Å². The largest absolute Gasteiger partial charge is 0.405 e. The number of pyridine rings is 1. The Bertz CT molecular complexity index is 1020. The lowest BCUT2D eigenvalue weighted by Crippen LogP contribution is -2.22. The van der Waals surface area contributed by atoms with Crippen LogP contribution in [0.5, 0.6) is 0 Å². The third kappa shape index (κ3) is 2.64. The molecule has 2 N–H and O–H groups in total. The van der Waals surface area contributed by atoms with Gasteiger partial charge in [-0.2, -0.15) is 18.2 Å². The second-order valence-corrected chi connectivity index (χ2v) is 5.24. The molecule has 24 heavy (non-hydrogen) atoms. The highest BCUT2D eigenvalue weighted by atomic mass is 19.4. The quantitative estimate of drug-likeness (QED) is 0.604. The Labute approximate surface area is 133 Å². The molecule has 0 spiro atoms. The molecule has 122 valence electrons. The molecule has 0 aliphatic heterocycles. The molecule has 0 atom stereocenters. The van der Waals surface area contributed by atoms with Crippen molar-refractivity contribution in [3.8, 4) is 11.1 Å². The Kier molecular flexibility index (Phi) is 3.15. The first-order chi connectivity index (χ1) is 11.5. The maximum Gasteiger partial charge on any atom is 0.405 e. The first-order valence-corrected chi connectivity index (χ1v) is 7.07. The van der Waals surface area contributed by atoms with Gasteiger partial charge in [0.25, 0.3) is 0 Å². The van der Waals surface area contributed by atoms with Crippen molar-refractivity contribution < 1.29 is 13.2 Å². The Balaban J connectivity index is 1.69. The molecule has 0 saturated carbocycles. The van der Waals surface area contributed by atoms with E-state index in [9.17, 15) is 13.2 Å². The minimum atomic E-state index is -4.32. The number of halogens is 3. The fourth-order valence-corrected chi connectivity index (χ4v) is 2.49. The average Bonchev–Trinajstić information content (AvgIpc) is 3.17. The molecule has 0 amide bonds. The maximum atomic E-state index is 12.2. The zero-order valence-electron chi connectivity index (χ0n) is 12.2. The molecule has 0 unspecified atom stereocenters. The highest BCUT2D eigenvalue weighted by Gasteiger charge is 2.27. The smallest absolute Gasteiger partial charge is 0.345 e. The number of rotatable bonds is 3. The molecule has 0 saturated heterocycles. The van der Waals surface area contributed by atoms with E-state index in [1.807, 2.05) is 28.9 Å². The topological polar surface area (TPSA) is 70.9 Å². The molecule has 6 nitrogen and oxygen atoms in total. The van der Waals surface area contributed by atoms with Crippen LogP contribution in [0.15, 0.2) is 43.1 Å². The number of anilines is 1. The molecule has 0 fully saturated rings. The zero-order valence-corrected chi connectivity index (χ0v) is 12.2. The van der Waals surface area contributed by atoms with Gasteiger partial charge in [-0.05, 0) is 12.1 Å². The number of nitrogens with zero attached hydrogens (tertiary/aromatic N) is 4. The highest BCUT2D eigenvalue weighted by molar-refractivity contribution is 5.93. The second-order valence-electron chi connectivity index (χ2n) is 5.24. The summed E-state index contributed by atoms with van der Waals surface area (Å²) in [5.74, 6) is -0.0710. The van der Waals surface area contributed by atoms with Crippen molar-refractivity contribution in [1.29, 1.82) is 0 Å². The minimum Gasteiger partial charge on any atom is -0.345 e. The van der Waals surface area contributed by atoms with Crippen LogP contribution in [0.1, 0.15) is 0 Å². The predicted octanol–water partition coefficient (Wildman–Crippen LogP) is 3.25. The number of hydrogen-bond acceptors (Lipinski definition) is 4. The molecule has 4 aromatic rings. The fourth-order valence-electron chi connectivity index (χ4n) is 2.49. The summed E-state index contributed by atoms with van der Waals surface area (Å²) in [7, 11) is 0. The monoisotopic (exact) mass is 332 g/mol. The molecule has 4 heterocycles. The van der Waals surface area contributed by atoms with Crippen molar-refractivity contribution in [2.75, 3.05) is 11.9 Å². The van der Waals surface area contributed by atoms with Crippen LogP contribution in [0, 0.1) is 0 Å². The first kappa shape index (κ1) is 14.5. The van der Waals surface area contributed by atoms with Crippen LogP contribution in [-0.2, 0) is 0 Å². The van der Waals surface area contributed by atoms with Crippen LogP contribution in [0.25, 0.3) is 27.8 Å². The third-order valence-corrected chi connectivity index (χ3v) is 3.58. The number of imidazole rings is 1. The lowest BCUT2D eigenvalue weighted by atomic mass is 10.1. The van der Waals surface area contributed by atoms with Gasteiger partial charge >= 0.3 is 6.18 Å². The van der Waals surface area contributed by atoms with E-state index in [4.69, 9.17) is 0 Å². The van der Waals surface area contributed by atoms with Crippen LogP contribution in [0.2, 0.25) is 0 Å². The molecular weight excluding hydrogens is 321 g/mol. The van der Waals surface area contributed by atoms with Crippen molar-refractivity contribution in [1.82, 2.24) is 24.3 Å². The van der Waals surface area contributed by atoms with E-state index >= 15 is 0 Å². The molecule has 9 heteroatoms. The van der Waals surface area contributed by atoms with Gasteiger partial charge in [-0.15, -0.1) is 0 Å². The summed E-state index contributed by atoms with van der Waals surface area (Å²) in [6.07, 6.45) is 4.40. The number of nitrogens with one attached hydrogen (secondary N) is 2. The standard InChI is InChI=1S/C15H11F3N6/c16-15(17,18)8-22-14-21-6-11-10(5-20-13(11)23-14)9-1-2-12-19-3-4-24(12)7-9/h1-7H,8H2,(H2,20,21,22,23). The van der Waals surface area contributed by atoms with Gasteiger partial charge in [0.15, 0.2) is 0 Å². The summed E-state index contributed by atoms with van der Waals surface area (Å²) in [6, 6.07) is 3.80. The minimum absolute atomic E-state index is 0.0710. The molecule has 4 rings (SSSR count). The molecule has 0 aromatic carbocycles. The van der Waals surface area contributed by atoms with Crippen molar-refractivity contribution in [3.05, 3.63) is 43.1 Å². The van der Waals surface area contributed by atoms with Crippen LogP contribution in [-0.4, -0.2) is 37.1 Å². The highest BCUT2D eigenvalue weighted by Crippen LogP contribution is 2.28. The van der Waals surface area contributed by atoms with Crippen molar-refractivity contribution in [2.45, 2.75) is 6.18 Å². The molecule has 0 aliphatic carbocycles. The van der Waals surface area contributed by atoms with Gasteiger partial charge in [-0.25, -0.2) is 9.97 Å². The van der Waals surface area contributed by atoms with Gasteiger partial charge in [0.2, 0.25) is 5.95 Å². The SMILES string of the molecule is FC(F)(F)CNc1ncc2c(-c3ccc4nccn4c3)c[nH]c2n1. The molecule has 0 bridgehead atoms. The zero-order chi connectivity index (χ0) is 16.7. The average molecular weight is 332 g/mol. The van der Waals surface area contributed by atoms with E-state index in [1.165, 1.54) is 6.20 Å². The van der Waals surface area contributed by atoms with E-state index in [2.05, 4.69) is 25.3 Å². The Hall–Kier alpha value is -3.10. The summed E-state index contributed by atoms with van der Waals surface area (Å²) in [5.41, 5.74) is 3.08. The summed E-state index contributed by atoms with van der Waals surface area (Å²) >= 11 is 0. The number of fused-ring (bicyclic) bond motifs is 2. The van der Waals surface area contributed by atoms with Gasteiger partial charge in [0, 0.05) is 47.5 Å². The molecule has 4 aromatic heterocycles. The first-order valence-electron chi connectivity index (χ1n) is 7.07. The van der Waals surface area contributed by atoms with Crippen LogP contribution in [0.4, 0.5) is 19.1 Å². The molecule has 0 aliphatic rings. The van der Waals surface area contributed by atoms with E-state index in [0.717, 1.165) is 22.2 Å². The summed E-state index contributed by atoms with van der Waals surface area (Å²) in [5, 5.41) is 2.90. The summed E-state index contributed by atoms with van der Waals surface area (Å²) < 4.78 is 38.6. The normalized spacial score (nSPS) is 12.1. The maximum absolute atomic E-state index is 12.2. The van der Waals surface area contributed by atoms with Crippen molar-refractivity contribution in [3.63, 3.8) is 0 Å². The van der Waals surface area contributed by atoms with E-state index < -0.39 is 12.7 Å². The lowest BCUT2D eigenvalue weighted by Gasteiger charge is -2.07. The number of alkyl halides is 3. The van der Waals surface area contributed by atoms with Crippen molar-refractivity contribution in [2.24, 2.45) is 0 Å². The van der Waals surface area contributed by atoms with E-state index in [0.29, 0.717) is 5.65 Å². The Morgan fingerprint density at radius 1 is 1.21 bits per heavy atom. The van der Waals surface area contributed by atoms with Crippen LogP contribution >= 0.6 is 0 Å². The Morgan fingerprint density at radius 3 is 2.92 bits per heavy atom. The van der Waals surface area contributed by atoms with E-state index in [1.54, 1.807) is 12.4 Å². The molecular formula is C15H11F3N6. The van der Waals surface area contributed by atoms with Gasteiger partial charge in [-0.3, -0.25) is 0 Å². The van der Waals surface area contributed by atoms with Gasteiger partial charge in [-0.1, -0.05) is 0 Å². The van der Waals surface area contributed by atoms with Crippen LogP contribution in [0.3, 0.4) is 0 Å². The van der Waals surface area contributed by atoms with Gasteiger partial charge in [0.05, 0.1) is 0 Å². The third-order valence-electron chi connectivity index (χ3n) is 3.58. The summed E-state index contributed by atoms with van der Waals surface area (Å²) in [6.45, 7) is -1.18. The van der Waals surface area contributed by atoms with Gasteiger partial charge < -0.3 is 14.7 Å². The number of aromatic nitrogens is 5. The number of aromatic amines is 1. The lowest BCUT2D eigenvalue weighted by molar-refractivity contribution is -0.115. The predicted molar refractivity (Wildman–Crippen MR) is 82.6 cm³/mol. The number of hydrogen-bond donors (Lipinski definition) is 2. The van der Waals surface area contributed by atoms with Crippen molar-refractivity contribution >= 4 is 22.6 Å². The summed E-state index contributed by atoms with van der Waals surface area (Å²) in [4.78, 5) is 15.2. The fraction of sp³-hybridized carbons (Fsp3) is 0.133. The molecule has 0 radical (unpaired) electrons. The van der Waals surface area contributed by atoms with Gasteiger partial charge in [0.1, 0.15) is 17.8 Å². The second kappa shape index (κ2) is 5.22. The Morgan fingerprint density at radius 2 is 2.08 bits per heavy atom. The number of H-pyrrole nitrogens is 1.